The van der Waals surface area contributed by atoms with E-state index in [0.717, 1.165) is 41.1 Å². The fraction of sp³-hybridized carbons (Fsp3) is 0.385. The van der Waals surface area contributed by atoms with Gasteiger partial charge in [0.1, 0.15) is 5.58 Å². The summed E-state index contributed by atoms with van der Waals surface area (Å²) in [6, 6.07) is 3.91. The summed E-state index contributed by atoms with van der Waals surface area (Å²) in [5.41, 5.74) is 3.27. The van der Waals surface area contributed by atoms with Crippen LogP contribution in [0.4, 0.5) is 0 Å². The molecule has 0 unspecified atom stereocenters. The second-order valence-electron chi connectivity index (χ2n) is 3.96. The van der Waals surface area contributed by atoms with Gasteiger partial charge in [-0.2, -0.15) is 0 Å². The largest absolute Gasteiger partial charge is 0.464 e. The topological polar surface area (TPSA) is 25.2 Å². The zero-order valence-electron chi connectivity index (χ0n) is 9.64. The summed E-state index contributed by atoms with van der Waals surface area (Å²) >= 11 is 6.06. The standard InChI is InChI=1S/C13H16ClNO/c1-3-15-5-4-10-8-16-13-9(2)6-11(14)7-12(10)13/h6-8,15H,3-5H2,1-2H3. The molecule has 0 bridgehead atoms. The summed E-state index contributed by atoms with van der Waals surface area (Å²) in [5.74, 6) is 0. The summed E-state index contributed by atoms with van der Waals surface area (Å²) in [4.78, 5) is 0. The molecule has 1 N–H and O–H groups in total. The van der Waals surface area contributed by atoms with E-state index in [0.29, 0.717) is 0 Å². The Balaban J connectivity index is 2.32. The van der Waals surface area contributed by atoms with Gasteiger partial charge in [0.05, 0.1) is 6.26 Å². The molecule has 16 heavy (non-hydrogen) atoms. The molecule has 86 valence electrons. The van der Waals surface area contributed by atoms with E-state index in [9.17, 15) is 0 Å². The summed E-state index contributed by atoms with van der Waals surface area (Å²) in [6.07, 6.45) is 2.81. The average Bonchev–Trinajstić information content (AvgIpc) is 2.62. The number of likely N-dealkylation sites (N-methyl/N-ethyl adjacent to an activating group) is 1. The number of nitrogens with one attached hydrogen (secondary N) is 1. The smallest absolute Gasteiger partial charge is 0.137 e. The van der Waals surface area contributed by atoms with E-state index >= 15 is 0 Å². The maximum absolute atomic E-state index is 6.06. The normalized spacial score (nSPS) is 11.2. The summed E-state index contributed by atoms with van der Waals surface area (Å²) < 4.78 is 5.58. The molecular formula is C13H16ClNO. The number of fused-ring (bicyclic) bond motifs is 1. The predicted octanol–water partition coefficient (Wildman–Crippen LogP) is 3.55. The van der Waals surface area contributed by atoms with Crippen LogP contribution in [0, 0.1) is 6.92 Å². The van der Waals surface area contributed by atoms with Gasteiger partial charge >= 0.3 is 0 Å². The van der Waals surface area contributed by atoms with E-state index in [4.69, 9.17) is 16.0 Å². The van der Waals surface area contributed by atoms with Crippen LogP contribution in [0.1, 0.15) is 18.1 Å². The second kappa shape index (κ2) is 4.89. The number of aryl methyl sites for hydroxylation is 1. The molecule has 0 amide bonds. The number of hydrogen-bond acceptors (Lipinski definition) is 2. The van der Waals surface area contributed by atoms with Gasteiger partial charge in [0.25, 0.3) is 0 Å². The Hall–Kier alpha value is -0.990. The fourth-order valence-corrected chi connectivity index (χ4v) is 2.18. The maximum Gasteiger partial charge on any atom is 0.137 e. The van der Waals surface area contributed by atoms with Crippen molar-refractivity contribution in [1.29, 1.82) is 0 Å². The molecule has 2 aromatic rings. The summed E-state index contributed by atoms with van der Waals surface area (Å²) in [6.45, 7) is 6.09. The Kier molecular flexibility index (Phi) is 3.52. The molecule has 0 saturated heterocycles. The van der Waals surface area contributed by atoms with Gasteiger partial charge in [0.15, 0.2) is 0 Å². The molecule has 0 saturated carbocycles. The monoisotopic (exact) mass is 237 g/mol. The van der Waals surface area contributed by atoms with Gasteiger partial charge in [-0.1, -0.05) is 18.5 Å². The highest BCUT2D eigenvalue weighted by molar-refractivity contribution is 6.31. The van der Waals surface area contributed by atoms with E-state index in [2.05, 4.69) is 12.2 Å². The zero-order chi connectivity index (χ0) is 11.5. The first-order valence-electron chi connectivity index (χ1n) is 5.59. The third kappa shape index (κ3) is 2.23. The number of hydrogen-bond donors (Lipinski definition) is 1. The van der Waals surface area contributed by atoms with Crippen LogP contribution < -0.4 is 5.32 Å². The van der Waals surface area contributed by atoms with Crippen LogP contribution in [0.15, 0.2) is 22.8 Å². The van der Waals surface area contributed by atoms with Crippen LogP contribution in [0.3, 0.4) is 0 Å². The second-order valence-corrected chi connectivity index (χ2v) is 4.40. The van der Waals surface area contributed by atoms with Crippen molar-refractivity contribution in [1.82, 2.24) is 5.32 Å². The minimum Gasteiger partial charge on any atom is -0.464 e. The SMILES string of the molecule is CCNCCc1coc2c(C)cc(Cl)cc12. The molecule has 2 rings (SSSR count). The summed E-state index contributed by atoms with van der Waals surface area (Å²) in [7, 11) is 0. The minimum atomic E-state index is 0.774. The molecule has 0 fully saturated rings. The van der Waals surface area contributed by atoms with Crippen molar-refractivity contribution < 1.29 is 4.42 Å². The Morgan fingerprint density at radius 3 is 2.94 bits per heavy atom. The van der Waals surface area contributed by atoms with Gasteiger partial charge in [-0.25, -0.2) is 0 Å². The molecule has 1 heterocycles. The molecule has 2 nitrogen and oxygen atoms in total. The van der Waals surface area contributed by atoms with Crippen molar-refractivity contribution >= 4 is 22.6 Å². The van der Waals surface area contributed by atoms with Crippen LogP contribution in [-0.4, -0.2) is 13.1 Å². The molecule has 0 spiro atoms. The molecule has 0 atom stereocenters. The van der Waals surface area contributed by atoms with Crippen LogP contribution in [0.2, 0.25) is 5.02 Å². The first kappa shape index (κ1) is 11.5. The molecule has 3 heteroatoms. The fourth-order valence-electron chi connectivity index (χ4n) is 1.91. The third-order valence-electron chi connectivity index (χ3n) is 2.73. The lowest BCUT2D eigenvalue weighted by atomic mass is 10.1. The van der Waals surface area contributed by atoms with Crippen LogP contribution in [0.5, 0.6) is 0 Å². The number of benzene rings is 1. The minimum absolute atomic E-state index is 0.774. The van der Waals surface area contributed by atoms with Crippen molar-refractivity contribution in [3.63, 3.8) is 0 Å². The first-order chi connectivity index (χ1) is 7.72. The van der Waals surface area contributed by atoms with Crippen molar-refractivity contribution in [3.05, 3.63) is 34.5 Å². The Labute approximate surface area is 101 Å². The lowest BCUT2D eigenvalue weighted by Crippen LogP contribution is -2.15. The van der Waals surface area contributed by atoms with Gasteiger partial charge in [-0.15, -0.1) is 0 Å². The molecule has 0 aliphatic heterocycles. The van der Waals surface area contributed by atoms with E-state index in [1.807, 2.05) is 25.3 Å². The van der Waals surface area contributed by atoms with Gasteiger partial charge < -0.3 is 9.73 Å². The molecule has 0 aliphatic rings. The Morgan fingerprint density at radius 1 is 1.38 bits per heavy atom. The Bertz CT molecular complexity index is 490. The quantitative estimate of drug-likeness (QED) is 0.823. The molecule has 0 radical (unpaired) electrons. The van der Waals surface area contributed by atoms with Gasteiger partial charge in [0.2, 0.25) is 0 Å². The van der Waals surface area contributed by atoms with Crippen LogP contribution >= 0.6 is 11.6 Å². The highest BCUT2D eigenvalue weighted by Crippen LogP contribution is 2.28. The van der Waals surface area contributed by atoms with Crippen LogP contribution in [0.25, 0.3) is 11.0 Å². The van der Waals surface area contributed by atoms with E-state index in [1.54, 1.807) is 0 Å². The molecule has 1 aromatic carbocycles. The lowest BCUT2D eigenvalue weighted by Gasteiger charge is -2.01. The first-order valence-corrected chi connectivity index (χ1v) is 5.97. The van der Waals surface area contributed by atoms with E-state index in [-0.39, 0.29) is 0 Å². The summed E-state index contributed by atoms with van der Waals surface area (Å²) in [5, 5.41) is 5.22. The zero-order valence-corrected chi connectivity index (χ0v) is 10.4. The van der Waals surface area contributed by atoms with Gasteiger partial charge in [0, 0.05) is 10.4 Å². The number of furan rings is 1. The average molecular weight is 238 g/mol. The van der Waals surface area contributed by atoms with Gasteiger partial charge in [-0.05, 0) is 49.7 Å². The Morgan fingerprint density at radius 2 is 2.19 bits per heavy atom. The molecule has 1 aromatic heterocycles. The van der Waals surface area contributed by atoms with Crippen molar-refractivity contribution in [2.24, 2.45) is 0 Å². The highest BCUT2D eigenvalue weighted by Gasteiger charge is 2.08. The maximum atomic E-state index is 6.06. The molecular weight excluding hydrogens is 222 g/mol. The number of halogens is 1. The van der Waals surface area contributed by atoms with E-state index in [1.165, 1.54) is 5.56 Å². The van der Waals surface area contributed by atoms with Crippen LogP contribution in [-0.2, 0) is 6.42 Å². The van der Waals surface area contributed by atoms with E-state index < -0.39 is 0 Å². The third-order valence-corrected chi connectivity index (χ3v) is 2.94. The highest BCUT2D eigenvalue weighted by atomic mass is 35.5. The molecule has 0 aliphatic carbocycles. The number of rotatable bonds is 4. The lowest BCUT2D eigenvalue weighted by molar-refractivity contribution is 0.605. The van der Waals surface area contributed by atoms with Crippen molar-refractivity contribution in [2.75, 3.05) is 13.1 Å². The van der Waals surface area contributed by atoms with Crippen molar-refractivity contribution in [3.8, 4) is 0 Å². The van der Waals surface area contributed by atoms with Gasteiger partial charge in [-0.3, -0.25) is 0 Å². The van der Waals surface area contributed by atoms with Crippen molar-refractivity contribution in [2.45, 2.75) is 20.3 Å². The predicted molar refractivity (Wildman–Crippen MR) is 68.2 cm³/mol.